The van der Waals surface area contributed by atoms with E-state index in [2.05, 4.69) is 5.32 Å². The molecule has 11 heteroatoms. The van der Waals surface area contributed by atoms with Crippen molar-refractivity contribution in [3.63, 3.8) is 0 Å². The van der Waals surface area contributed by atoms with Crippen molar-refractivity contribution in [2.45, 2.75) is 49.9 Å². The third-order valence-corrected chi connectivity index (χ3v) is 9.99. The molecule has 0 fully saturated rings. The Balaban J connectivity index is 1.37. The molecule has 1 unspecified atom stereocenters. The van der Waals surface area contributed by atoms with E-state index in [-0.39, 0.29) is 22.7 Å². The number of aryl methyl sites for hydroxylation is 2. The Kier molecular flexibility index (Phi) is 7.39. The van der Waals surface area contributed by atoms with Crippen LogP contribution in [0.5, 0.6) is 0 Å². The van der Waals surface area contributed by atoms with Gasteiger partial charge in [-0.3, -0.25) is 23.6 Å². The molecule has 1 atom stereocenters. The average molecular weight is 606 g/mol. The van der Waals surface area contributed by atoms with Crippen LogP contribution in [0.25, 0.3) is 21.6 Å². The quantitative estimate of drug-likeness (QED) is 0.192. The van der Waals surface area contributed by atoms with Crippen LogP contribution in [0.2, 0.25) is 5.02 Å². The number of halogens is 1. The lowest BCUT2D eigenvalue weighted by Gasteiger charge is -2.16. The molecule has 0 spiro atoms. The lowest BCUT2D eigenvalue weighted by molar-refractivity contribution is -0.115. The molecule has 0 radical (unpaired) electrons. The number of anilines is 1. The van der Waals surface area contributed by atoms with Crippen LogP contribution >= 0.6 is 34.7 Å². The third kappa shape index (κ3) is 4.94. The number of benzene rings is 2. The molecule has 41 heavy (non-hydrogen) atoms. The van der Waals surface area contributed by atoms with E-state index in [0.29, 0.717) is 37.5 Å². The van der Waals surface area contributed by atoms with Gasteiger partial charge in [0.25, 0.3) is 11.1 Å². The number of nitrogens with one attached hydrogen (secondary N) is 1. The Morgan fingerprint density at radius 1 is 1.02 bits per heavy atom. The number of carbonyl (C=O) groups is 1. The van der Waals surface area contributed by atoms with Crippen LogP contribution in [0, 0.1) is 6.92 Å². The molecule has 2 aromatic carbocycles. The Hall–Kier alpha value is -3.60. The van der Waals surface area contributed by atoms with Gasteiger partial charge in [0, 0.05) is 16.9 Å². The van der Waals surface area contributed by atoms with E-state index in [9.17, 15) is 14.4 Å². The molecule has 0 aliphatic heterocycles. The molecular weight excluding hydrogens is 578 g/mol. The van der Waals surface area contributed by atoms with E-state index >= 15 is 0 Å². The first-order valence-corrected chi connectivity index (χ1v) is 15.5. The minimum absolute atomic E-state index is 0.142. The maximum atomic E-state index is 14.0. The fourth-order valence-corrected chi connectivity index (χ4v) is 7.59. The van der Waals surface area contributed by atoms with E-state index in [0.717, 1.165) is 31.2 Å². The van der Waals surface area contributed by atoms with E-state index in [1.165, 1.54) is 21.3 Å². The fourth-order valence-electron chi connectivity index (χ4n) is 5.23. The highest BCUT2D eigenvalue weighted by atomic mass is 35.5. The Bertz CT molecular complexity index is 1910. The molecule has 1 aliphatic rings. The van der Waals surface area contributed by atoms with E-state index in [4.69, 9.17) is 16.6 Å². The number of hydrogen-bond acceptors (Lipinski definition) is 6. The zero-order valence-electron chi connectivity index (χ0n) is 22.8. The second kappa shape index (κ2) is 11.0. The first-order valence-electron chi connectivity index (χ1n) is 13.4. The monoisotopic (exact) mass is 605 g/mol. The van der Waals surface area contributed by atoms with Crippen LogP contribution in [0.1, 0.15) is 35.9 Å². The van der Waals surface area contributed by atoms with Gasteiger partial charge in [-0.05, 0) is 81.5 Å². The van der Waals surface area contributed by atoms with Crippen molar-refractivity contribution in [3.8, 4) is 11.4 Å². The third-order valence-electron chi connectivity index (χ3n) is 7.50. The van der Waals surface area contributed by atoms with Crippen molar-refractivity contribution in [1.29, 1.82) is 0 Å². The van der Waals surface area contributed by atoms with Crippen LogP contribution in [0.3, 0.4) is 0 Å². The van der Waals surface area contributed by atoms with Gasteiger partial charge in [-0.25, -0.2) is 9.67 Å². The van der Waals surface area contributed by atoms with Gasteiger partial charge in [-0.15, -0.1) is 11.3 Å². The number of rotatable bonds is 6. The van der Waals surface area contributed by atoms with Crippen molar-refractivity contribution in [2.24, 2.45) is 7.05 Å². The highest BCUT2D eigenvalue weighted by molar-refractivity contribution is 8.00. The summed E-state index contributed by atoms with van der Waals surface area (Å²) in [6.07, 6.45) is 3.98. The van der Waals surface area contributed by atoms with Gasteiger partial charge < -0.3 is 5.32 Å². The lowest BCUT2D eigenvalue weighted by atomic mass is 9.97. The number of thiophene rings is 1. The summed E-state index contributed by atoms with van der Waals surface area (Å²) in [6.45, 7) is 3.54. The van der Waals surface area contributed by atoms with Gasteiger partial charge in [0.05, 0.1) is 27.7 Å². The van der Waals surface area contributed by atoms with Crippen LogP contribution in [0.4, 0.5) is 5.69 Å². The lowest BCUT2D eigenvalue weighted by Crippen LogP contribution is -2.28. The fraction of sp³-hybridized carbons (Fsp3) is 0.267. The second-order valence-corrected chi connectivity index (χ2v) is 12.9. The highest BCUT2D eigenvalue weighted by Crippen LogP contribution is 2.36. The summed E-state index contributed by atoms with van der Waals surface area (Å²) in [6, 6.07) is 16.3. The summed E-state index contributed by atoms with van der Waals surface area (Å²) in [4.78, 5) is 47.7. The van der Waals surface area contributed by atoms with Gasteiger partial charge in [0.1, 0.15) is 10.5 Å². The minimum atomic E-state index is -0.656. The molecule has 5 aromatic rings. The topological polar surface area (TPSA) is 90.9 Å². The smallest absolute Gasteiger partial charge is 0.295 e. The van der Waals surface area contributed by atoms with Gasteiger partial charge in [-0.2, -0.15) is 0 Å². The summed E-state index contributed by atoms with van der Waals surface area (Å²) in [7, 11) is 1.78. The van der Waals surface area contributed by atoms with Crippen LogP contribution in [-0.2, 0) is 24.7 Å². The number of nitrogens with zero attached hydrogens (tertiary/aromatic N) is 4. The van der Waals surface area contributed by atoms with Crippen molar-refractivity contribution >= 4 is 56.5 Å². The summed E-state index contributed by atoms with van der Waals surface area (Å²) in [5.74, 6) is -0.358. The Labute approximate surface area is 249 Å². The number of hydrogen-bond donors (Lipinski definition) is 1. The molecule has 1 amide bonds. The van der Waals surface area contributed by atoms with E-state index in [1.54, 1.807) is 65.7 Å². The van der Waals surface area contributed by atoms with Gasteiger partial charge in [-0.1, -0.05) is 41.6 Å². The number of fused-ring (bicyclic) bond motifs is 3. The SMILES string of the molecule is Cc1c(NC(=O)C(C)Sc2nc3sc4c(c3c(=O)n2-c2ccc(Cl)cc2)CCCC4)c(=O)n(-c2ccccc2)n1C. The second-order valence-electron chi connectivity index (χ2n) is 10.1. The van der Waals surface area contributed by atoms with E-state index in [1.807, 2.05) is 30.3 Å². The predicted octanol–water partition coefficient (Wildman–Crippen LogP) is 5.90. The van der Waals surface area contributed by atoms with Crippen LogP contribution in [-0.4, -0.2) is 30.1 Å². The molecule has 1 aliphatic carbocycles. The predicted molar refractivity (Wildman–Crippen MR) is 167 cm³/mol. The molecule has 210 valence electrons. The summed E-state index contributed by atoms with van der Waals surface area (Å²) < 4.78 is 4.82. The van der Waals surface area contributed by atoms with E-state index < -0.39 is 5.25 Å². The zero-order chi connectivity index (χ0) is 28.8. The summed E-state index contributed by atoms with van der Waals surface area (Å²) in [5.41, 5.74) is 2.83. The first-order chi connectivity index (χ1) is 19.7. The standard InChI is InChI=1S/C30H28ClN5O3S2/c1-17-25(29(39)36(34(17)3)21-9-5-4-6-10-21)32-26(37)18(2)40-30-33-27-24(22-11-7-8-12-23(22)41-27)28(38)35(30)20-15-13-19(31)14-16-20/h4-6,9-10,13-16,18H,7-8,11-12H2,1-3H3,(H,32,37). The number of amides is 1. The van der Waals surface area contributed by atoms with Crippen molar-refractivity contribution < 1.29 is 4.79 Å². The Morgan fingerprint density at radius 2 is 1.73 bits per heavy atom. The number of carbonyl (C=O) groups excluding carboxylic acids is 1. The molecule has 3 heterocycles. The molecular formula is C30H28ClN5O3S2. The largest absolute Gasteiger partial charge is 0.319 e. The van der Waals surface area contributed by atoms with Gasteiger partial charge in [0.15, 0.2) is 5.16 Å². The minimum Gasteiger partial charge on any atom is -0.319 e. The molecule has 0 saturated heterocycles. The molecule has 3 aromatic heterocycles. The molecule has 1 N–H and O–H groups in total. The Morgan fingerprint density at radius 3 is 2.46 bits per heavy atom. The average Bonchev–Trinajstić information content (AvgIpc) is 3.44. The van der Waals surface area contributed by atoms with Gasteiger partial charge in [0.2, 0.25) is 5.91 Å². The van der Waals surface area contributed by atoms with Crippen LogP contribution < -0.4 is 16.4 Å². The normalized spacial score (nSPS) is 13.8. The molecule has 0 saturated carbocycles. The van der Waals surface area contributed by atoms with Crippen LogP contribution in [0.15, 0.2) is 69.3 Å². The summed E-state index contributed by atoms with van der Waals surface area (Å²) >= 11 is 8.90. The first kappa shape index (κ1) is 27.6. The molecule has 8 nitrogen and oxygen atoms in total. The zero-order valence-corrected chi connectivity index (χ0v) is 25.2. The van der Waals surface area contributed by atoms with Crippen molar-refractivity contribution in [2.75, 3.05) is 5.32 Å². The van der Waals surface area contributed by atoms with Gasteiger partial charge >= 0.3 is 0 Å². The van der Waals surface area contributed by atoms with Crippen molar-refractivity contribution in [1.82, 2.24) is 18.9 Å². The maximum Gasteiger partial charge on any atom is 0.295 e. The number of aromatic nitrogens is 4. The summed E-state index contributed by atoms with van der Waals surface area (Å²) in [5, 5.41) is 3.83. The molecule has 0 bridgehead atoms. The highest BCUT2D eigenvalue weighted by Gasteiger charge is 2.26. The maximum absolute atomic E-state index is 14.0. The van der Waals surface area contributed by atoms with Crippen molar-refractivity contribution in [3.05, 3.63) is 96.5 Å². The molecule has 6 rings (SSSR count). The number of thioether (sulfide) groups is 1. The number of para-hydroxylation sites is 1.